The van der Waals surface area contributed by atoms with Gasteiger partial charge in [-0.15, -0.1) is 12.6 Å². The molecule has 0 aliphatic rings. The Kier molecular flexibility index (Phi) is 4.00. The van der Waals surface area contributed by atoms with E-state index in [-0.39, 0.29) is 5.92 Å². The van der Waals surface area contributed by atoms with Crippen LogP contribution in [0.3, 0.4) is 0 Å². The largest absolute Gasteiger partial charge is 0.303 e. The molecule has 0 fully saturated rings. The van der Waals surface area contributed by atoms with E-state index in [1.807, 2.05) is 25.1 Å². The minimum Gasteiger partial charge on any atom is -0.303 e. The van der Waals surface area contributed by atoms with E-state index in [1.54, 1.807) is 0 Å². The fraction of sp³-hybridized carbons (Fsp3) is 0.300. The Balaban J connectivity index is 3.04. The van der Waals surface area contributed by atoms with Crippen LogP contribution in [0.4, 0.5) is 0 Å². The number of carbonyl (C=O) groups excluding carboxylic acids is 1. The van der Waals surface area contributed by atoms with E-state index in [4.69, 9.17) is 0 Å². The number of thiol groups is 1. The van der Waals surface area contributed by atoms with Gasteiger partial charge >= 0.3 is 0 Å². The third kappa shape index (κ3) is 2.58. The summed E-state index contributed by atoms with van der Waals surface area (Å²) < 4.78 is 0. The van der Waals surface area contributed by atoms with E-state index in [0.717, 1.165) is 22.1 Å². The molecule has 70 valence electrons. The molecule has 0 saturated heterocycles. The quantitative estimate of drug-likeness (QED) is 0.501. The Morgan fingerprint density at radius 2 is 2.31 bits per heavy atom. The monoisotopic (exact) mass is 258 g/mol. The van der Waals surface area contributed by atoms with Gasteiger partial charge in [-0.3, -0.25) is 0 Å². The zero-order chi connectivity index (χ0) is 9.84. The maximum Gasteiger partial charge on any atom is 0.127 e. The molecule has 1 atom stereocenters. The van der Waals surface area contributed by atoms with E-state index >= 15 is 0 Å². The predicted molar refractivity (Wildman–Crippen MR) is 60.8 cm³/mol. The van der Waals surface area contributed by atoms with Crippen molar-refractivity contribution in [3.05, 3.63) is 29.3 Å². The van der Waals surface area contributed by atoms with Crippen LogP contribution in [0.1, 0.15) is 24.0 Å². The average molecular weight is 259 g/mol. The van der Waals surface area contributed by atoms with Gasteiger partial charge in [0.15, 0.2) is 0 Å². The Bertz CT molecular complexity index is 312. The molecule has 0 saturated carbocycles. The van der Waals surface area contributed by atoms with Crippen LogP contribution in [-0.2, 0) is 10.1 Å². The first kappa shape index (κ1) is 10.8. The third-order valence-corrected chi connectivity index (χ3v) is 2.98. The normalized spacial score (nSPS) is 12.5. The number of carbonyl (C=O) groups is 1. The molecular weight excluding hydrogens is 248 g/mol. The van der Waals surface area contributed by atoms with Crippen molar-refractivity contribution < 1.29 is 4.79 Å². The summed E-state index contributed by atoms with van der Waals surface area (Å²) in [6, 6.07) is 5.94. The molecule has 0 radical (unpaired) electrons. The van der Waals surface area contributed by atoms with Gasteiger partial charge in [-0.2, -0.15) is 0 Å². The first-order chi connectivity index (χ1) is 6.19. The molecule has 1 nitrogen and oxygen atoms in total. The lowest BCUT2D eigenvalue weighted by Crippen LogP contribution is -1.96. The molecule has 0 heterocycles. The molecule has 0 bridgehead atoms. The van der Waals surface area contributed by atoms with Crippen molar-refractivity contribution in [2.45, 2.75) is 23.1 Å². The third-order valence-electron chi connectivity index (χ3n) is 1.94. The fourth-order valence-electron chi connectivity index (χ4n) is 1.13. The number of alkyl halides is 1. The van der Waals surface area contributed by atoms with Gasteiger partial charge in [0.1, 0.15) is 6.29 Å². The van der Waals surface area contributed by atoms with Crippen molar-refractivity contribution in [1.82, 2.24) is 0 Å². The maximum absolute atomic E-state index is 10.6. The second-order valence-corrected chi connectivity index (χ2v) is 3.99. The van der Waals surface area contributed by atoms with Crippen LogP contribution in [0.15, 0.2) is 23.1 Å². The summed E-state index contributed by atoms with van der Waals surface area (Å²) in [4.78, 5) is 11.5. The summed E-state index contributed by atoms with van der Waals surface area (Å²) in [6.07, 6.45) is 0.933. The summed E-state index contributed by atoms with van der Waals surface area (Å²) in [5.74, 6) is -0.0723. The Morgan fingerprint density at radius 1 is 1.62 bits per heavy atom. The molecular formula is C10H11BrOS. The van der Waals surface area contributed by atoms with E-state index in [2.05, 4.69) is 28.6 Å². The molecule has 0 N–H and O–H groups in total. The van der Waals surface area contributed by atoms with Gasteiger partial charge < -0.3 is 4.79 Å². The van der Waals surface area contributed by atoms with Gasteiger partial charge in [-0.05, 0) is 17.2 Å². The average Bonchev–Trinajstić information content (AvgIpc) is 2.16. The van der Waals surface area contributed by atoms with Gasteiger partial charge in [0.2, 0.25) is 0 Å². The minimum atomic E-state index is -0.0723. The van der Waals surface area contributed by atoms with Crippen LogP contribution in [0.2, 0.25) is 0 Å². The molecule has 3 heteroatoms. The summed E-state index contributed by atoms with van der Waals surface area (Å²) >= 11 is 7.70. The Labute approximate surface area is 92.1 Å². The van der Waals surface area contributed by atoms with Crippen molar-refractivity contribution in [2.75, 3.05) is 0 Å². The highest BCUT2D eigenvalue weighted by Crippen LogP contribution is 2.23. The lowest BCUT2D eigenvalue weighted by atomic mass is 10.0. The number of aldehydes is 1. The second kappa shape index (κ2) is 4.82. The molecule has 1 aromatic carbocycles. The van der Waals surface area contributed by atoms with Gasteiger partial charge in [0, 0.05) is 16.1 Å². The Hall–Kier alpha value is -0.280. The molecule has 13 heavy (non-hydrogen) atoms. The first-order valence-electron chi connectivity index (χ1n) is 4.02. The summed E-state index contributed by atoms with van der Waals surface area (Å²) in [5.41, 5.74) is 2.16. The van der Waals surface area contributed by atoms with Gasteiger partial charge in [0.05, 0.1) is 0 Å². The van der Waals surface area contributed by atoms with Crippen molar-refractivity contribution >= 4 is 34.8 Å². The highest BCUT2D eigenvalue weighted by Gasteiger charge is 2.07. The summed E-state index contributed by atoms with van der Waals surface area (Å²) in [6.45, 7) is 1.87. The zero-order valence-electron chi connectivity index (χ0n) is 7.33. The molecule has 1 rings (SSSR count). The van der Waals surface area contributed by atoms with Gasteiger partial charge in [0.25, 0.3) is 0 Å². The molecule has 0 spiro atoms. The van der Waals surface area contributed by atoms with E-state index in [9.17, 15) is 4.79 Å². The molecule has 0 aliphatic heterocycles. The van der Waals surface area contributed by atoms with Crippen LogP contribution in [-0.4, -0.2) is 6.29 Å². The summed E-state index contributed by atoms with van der Waals surface area (Å²) in [7, 11) is 0. The fourth-order valence-corrected chi connectivity index (χ4v) is 1.92. The lowest BCUT2D eigenvalue weighted by molar-refractivity contribution is -0.108. The number of halogens is 1. The Morgan fingerprint density at radius 3 is 2.77 bits per heavy atom. The highest BCUT2D eigenvalue weighted by molar-refractivity contribution is 9.08. The van der Waals surface area contributed by atoms with Crippen LogP contribution >= 0.6 is 28.6 Å². The zero-order valence-corrected chi connectivity index (χ0v) is 9.81. The van der Waals surface area contributed by atoms with Crippen LogP contribution in [0.5, 0.6) is 0 Å². The number of hydrogen-bond donors (Lipinski definition) is 1. The number of hydrogen-bond acceptors (Lipinski definition) is 2. The van der Waals surface area contributed by atoms with Crippen LogP contribution in [0.25, 0.3) is 0 Å². The molecule has 1 aromatic rings. The van der Waals surface area contributed by atoms with Gasteiger partial charge in [-0.25, -0.2) is 0 Å². The van der Waals surface area contributed by atoms with E-state index < -0.39 is 0 Å². The van der Waals surface area contributed by atoms with Crippen LogP contribution < -0.4 is 0 Å². The second-order valence-electron chi connectivity index (χ2n) is 2.95. The predicted octanol–water partition coefficient (Wildman–Crippen LogP) is 3.17. The van der Waals surface area contributed by atoms with Crippen molar-refractivity contribution in [3.63, 3.8) is 0 Å². The standard InChI is InChI=1S/C10H11BrOS/c1-7(6-12)9-3-2-8(5-11)4-10(9)13/h2-4,6-7,13H,5H2,1H3. The minimum absolute atomic E-state index is 0.0723. The molecule has 1 unspecified atom stereocenters. The van der Waals surface area contributed by atoms with Crippen molar-refractivity contribution in [3.8, 4) is 0 Å². The first-order valence-corrected chi connectivity index (χ1v) is 5.59. The molecule has 0 aromatic heterocycles. The van der Waals surface area contributed by atoms with E-state index in [0.29, 0.717) is 0 Å². The highest BCUT2D eigenvalue weighted by atomic mass is 79.9. The van der Waals surface area contributed by atoms with Crippen LogP contribution in [0, 0.1) is 0 Å². The topological polar surface area (TPSA) is 17.1 Å². The van der Waals surface area contributed by atoms with Crippen molar-refractivity contribution in [2.24, 2.45) is 0 Å². The smallest absolute Gasteiger partial charge is 0.127 e. The SMILES string of the molecule is CC(C=O)c1ccc(CBr)cc1S. The lowest BCUT2D eigenvalue weighted by Gasteiger charge is -2.08. The van der Waals surface area contributed by atoms with Crippen molar-refractivity contribution in [1.29, 1.82) is 0 Å². The number of benzene rings is 1. The van der Waals surface area contributed by atoms with E-state index in [1.165, 1.54) is 5.56 Å². The van der Waals surface area contributed by atoms with Gasteiger partial charge in [-0.1, -0.05) is 35.0 Å². The molecule has 0 aliphatic carbocycles. The maximum atomic E-state index is 10.6. The molecule has 0 amide bonds. The number of rotatable bonds is 3. The summed E-state index contributed by atoms with van der Waals surface area (Å²) in [5, 5.41) is 0.816.